The van der Waals surface area contributed by atoms with E-state index in [-0.39, 0.29) is 51.4 Å². The first-order chi connectivity index (χ1) is 22.0. The molecule has 3 nitrogen and oxygen atoms in total. The molecule has 0 aromatic heterocycles. The molecule has 0 atom stereocenters. The van der Waals surface area contributed by atoms with Gasteiger partial charge in [-0.1, -0.05) is 0 Å². The van der Waals surface area contributed by atoms with Gasteiger partial charge in [-0.05, 0) is 0 Å². The van der Waals surface area contributed by atoms with Crippen LogP contribution >= 0.6 is 0 Å². The molecule has 0 aromatic carbocycles. The Bertz CT molecular complexity index is 1490. The van der Waals surface area contributed by atoms with Crippen molar-refractivity contribution >= 4 is 10.1 Å². The van der Waals surface area contributed by atoms with Crippen LogP contribution in [0.4, 0.5) is 145 Å². The van der Waals surface area contributed by atoms with Gasteiger partial charge in [0.05, 0.1) is 0 Å². The predicted molar refractivity (Wildman–Crippen MR) is 90.0 cm³/mol. The van der Waals surface area contributed by atoms with Crippen molar-refractivity contribution in [3.63, 3.8) is 0 Å². The van der Waals surface area contributed by atoms with Crippen LogP contribution in [0, 0.1) is 0 Å². The van der Waals surface area contributed by atoms with Gasteiger partial charge in [0.2, 0.25) is 0 Å². The van der Waals surface area contributed by atoms with Gasteiger partial charge in [0.1, 0.15) is 0 Å². The number of alkyl halides is 33. The normalized spacial score (nSPS) is 17.1. The zero-order valence-electron chi connectivity index (χ0n) is 23.1. The van der Waals surface area contributed by atoms with E-state index in [1.807, 2.05) is 0 Å². The molecule has 320 valence electrons. The van der Waals surface area contributed by atoms with Gasteiger partial charge >= 0.3 is 146 Å². The second-order valence-electron chi connectivity index (χ2n) is 9.51. The molecular formula is C16F33KO3S. The molecule has 0 amide bonds. The molecule has 0 rings (SSSR count). The van der Waals surface area contributed by atoms with Gasteiger partial charge in [-0.25, -0.2) is 8.42 Å². The Balaban J connectivity index is 0. The first-order valence-corrected chi connectivity index (χ1v) is 12.1. The van der Waals surface area contributed by atoms with E-state index in [0.29, 0.717) is 0 Å². The molecule has 54 heavy (non-hydrogen) atoms. The van der Waals surface area contributed by atoms with Crippen molar-refractivity contribution in [1.82, 2.24) is 0 Å². The first kappa shape index (κ1) is 55.3. The van der Waals surface area contributed by atoms with E-state index in [1.165, 1.54) is 0 Å². The van der Waals surface area contributed by atoms with Gasteiger partial charge in [0.15, 0.2) is 10.1 Å². The smallest absolute Gasteiger partial charge is 0.743 e. The van der Waals surface area contributed by atoms with Crippen molar-refractivity contribution in [3.8, 4) is 0 Å². The van der Waals surface area contributed by atoms with Crippen molar-refractivity contribution in [2.24, 2.45) is 0 Å². The predicted octanol–water partition coefficient (Wildman–Crippen LogP) is 6.58. The molecule has 0 saturated heterocycles. The van der Waals surface area contributed by atoms with Crippen molar-refractivity contribution in [2.45, 2.75) is 94.3 Å². The van der Waals surface area contributed by atoms with Crippen LogP contribution in [-0.4, -0.2) is 107 Å². The summed E-state index contributed by atoms with van der Waals surface area (Å²) in [6.45, 7) is 0. The fourth-order valence-electron chi connectivity index (χ4n) is 2.88. The third kappa shape index (κ3) is 6.30. The van der Waals surface area contributed by atoms with E-state index < -0.39 is 104 Å². The molecule has 0 aliphatic rings. The van der Waals surface area contributed by atoms with Crippen molar-refractivity contribution in [3.05, 3.63) is 0 Å². The second kappa shape index (κ2) is 13.4. The van der Waals surface area contributed by atoms with E-state index in [2.05, 4.69) is 0 Å². The minimum absolute atomic E-state index is 0. The third-order valence-corrected chi connectivity index (χ3v) is 7.05. The van der Waals surface area contributed by atoms with Gasteiger partial charge in [-0.15, -0.1) is 0 Å². The Morgan fingerprint density at radius 1 is 0.241 bits per heavy atom. The summed E-state index contributed by atoms with van der Waals surface area (Å²) in [5, 5.41) is -8.54. The van der Waals surface area contributed by atoms with Gasteiger partial charge in [0.25, 0.3) is 0 Å². The van der Waals surface area contributed by atoms with Crippen molar-refractivity contribution in [1.29, 1.82) is 0 Å². The quantitative estimate of drug-likeness (QED) is 0.106. The van der Waals surface area contributed by atoms with E-state index >= 15 is 0 Å². The van der Waals surface area contributed by atoms with Gasteiger partial charge < -0.3 is 4.55 Å². The Kier molecular flexibility index (Phi) is 13.7. The Morgan fingerprint density at radius 2 is 0.352 bits per heavy atom. The van der Waals surface area contributed by atoms with Crippen LogP contribution in [-0.2, 0) is 10.1 Å². The number of hydrogen-bond acceptors (Lipinski definition) is 3. The molecular weight excluding hydrogens is 938 g/mol. The topological polar surface area (TPSA) is 57.2 Å². The summed E-state index contributed by atoms with van der Waals surface area (Å²) in [6, 6.07) is 0. The summed E-state index contributed by atoms with van der Waals surface area (Å²) in [6.07, 6.45) is -8.42. The molecule has 0 fully saturated rings. The molecule has 0 spiro atoms. The standard InChI is InChI=1S/C16HF33O3S.K/c17-1(18,3(21,22)5(25,26)7(29,30)9(33,34)11(37,38)13(41,42)15(45,46)47)2(19,20)4(23,24)6(27,28)8(31,32)10(35,36)12(39,40)14(43,44)16(48,49)53(50,51)52;/h(H,50,51,52);/q;+1/p-1. The molecule has 0 aliphatic heterocycles. The molecule has 0 radical (unpaired) electrons. The SMILES string of the molecule is O=S(=O)([O-])C(F)(F)C(F)(F)C(F)(F)C(F)(F)C(F)(F)C(F)(F)C(F)(F)C(F)(F)C(F)(F)C(F)(F)C(F)(F)C(F)(F)C(F)(F)C(F)(F)C(F)(F)C(F)(F)F.[K+]. The molecule has 0 aliphatic carbocycles. The van der Waals surface area contributed by atoms with Crippen LogP contribution in [0.1, 0.15) is 0 Å². The molecule has 0 N–H and O–H groups in total. The van der Waals surface area contributed by atoms with E-state index in [1.54, 1.807) is 0 Å². The zero-order valence-corrected chi connectivity index (χ0v) is 27.0. The Hall–Kier alpha value is -0.764. The monoisotopic (exact) mass is 938 g/mol. The van der Waals surface area contributed by atoms with Crippen LogP contribution < -0.4 is 51.4 Å². The van der Waals surface area contributed by atoms with Crippen LogP contribution in [0.5, 0.6) is 0 Å². The molecule has 0 heterocycles. The van der Waals surface area contributed by atoms with Gasteiger partial charge in [0, 0.05) is 0 Å². The minimum Gasteiger partial charge on any atom is -0.743 e. The third-order valence-electron chi connectivity index (χ3n) is 6.16. The van der Waals surface area contributed by atoms with Crippen LogP contribution in [0.15, 0.2) is 0 Å². The largest absolute Gasteiger partial charge is 1.00 e. The molecule has 0 bridgehead atoms. The van der Waals surface area contributed by atoms with Gasteiger partial charge in [-0.3, -0.25) is 0 Å². The van der Waals surface area contributed by atoms with Crippen LogP contribution in [0.3, 0.4) is 0 Å². The number of rotatable bonds is 15. The Morgan fingerprint density at radius 3 is 0.463 bits per heavy atom. The zero-order chi connectivity index (χ0) is 44.5. The summed E-state index contributed by atoms with van der Waals surface area (Å²) in [4.78, 5) is 0. The van der Waals surface area contributed by atoms with Crippen molar-refractivity contribution < 1.29 is 209 Å². The van der Waals surface area contributed by atoms with Crippen molar-refractivity contribution in [2.75, 3.05) is 0 Å². The molecule has 0 unspecified atom stereocenters. The maximum Gasteiger partial charge on any atom is 1.00 e. The minimum atomic E-state index is -10.3. The van der Waals surface area contributed by atoms with Crippen LogP contribution in [0.2, 0.25) is 0 Å². The maximum absolute atomic E-state index is 13.8. The van der Waals surface area contributed by atoms with Gasteiger partial charge in [-0.2, -0.15) is 145 Å². The van der Waals surface area contributed by atoms with Crippen LogP contribution in [0.25, 0.3) is 0 Å². The summed E-state index contributed by atoms with van der Waals surface area (Å²) >= 11 is 0. The van der Waals surface area contributed by atoms with E-state index in [9.17, 15) is 158 Å². The molecule has 0 saturated carbocycles. The average molecular weight is 938 g/mol. The first-order valence-electron chi connectivity index (χ1n) is 10.7. The van der Waals surface area contributed by atoms with E-state index in [0.717, 1.165) is 0 Å². The summed E-state index contributed by atoms with van der Waals surface area (Å²) in [5.41, 5.74) is 0. The summed E-state index contributed by atoms with van der Waals surface area (Å²) < 4.78 is 470. The second-order valence-corrected chi connectivity index (χ2v) is 10.9. The molecule has 0 aromatic rings. The summed E-state index contributed by atoms with van der Waals surface area (Å²) in [5.74, 6) is -138. The number of hydrogen-bond donors (Lipinski definition) is 0. The maximum atomic E-state index is 13.8. The molecule has 38 heteroatoms. The number of halogens is 33. The Labute approximate surface area is 312 Å². The van der Waals surface area contributed by atoms with E-state index in [4.69, 9.17) is 0 Å². The average Bonchev–Trinajstić information content (AvgIpc) is 2.89. The fourth-order valence-corrected chi connectivity index (χ4v) is 3.33. The fraction of sp³-hybridized carbons (Fsp3) is 1.00. The summed E-state index contributed by atoms with van der Waals surface area (Å²) in [7, 11) is -8.69.